The summed E-state index contributed by atoms with van der Waals surface area (Å²) in [7, 11) is 0. The lowest BCUT2D eigenvalue weighted by Crippen LogP contribution is -1.95. The van der Waals surface area contributed by atoms with E-state index in [2.05, 4.69) is 0 Å². The van der Waals surface area contributed by atoms with Crippen LogP contribution in [0.25, 0.3) is 0 Å². The van der Waals surface area contributed by atoms with Crippen molar-refractivity contribution in [2.75, 3.05) is 0 Å². The third-order valence-corrected chi connectivity index (χ3v) is 2.19. The molecule has 0 aromatic heterocycles. The summed E-state index contributed by atoms with van der Waals surface area (Å²) < 4.78 is 0. The predicted molar refractivity (Wildman–Crippen MR) is 48.4 cm³/mol. The van der Waals surface area contributed by atoms with Gasteiger partial charge in [0.1, 0.15) is 12.0 Å². The van der Waals surface area contributed by atoms with Gasteiger partial charge in [-0.1, -0.05) is 0 Å². The number of phenols is 1. The number of aldehydes is 2. The molecule has 0 radical (unpaired) electrons. The summed E-state index contributed by atoms with van der Waals surface area (Å²) in [5.41, 5.74) is 1.88. The standard InChI is InChI=1S/C10H10O3/c1-6-7(2)10(13)9(5-12)3-8(6)4-11/h3-5,13H,1-2H3. The molecule has 68 valence electrons. The Bertz CT molecular complexity index is 335. The first-order chi connectivity index (χ1) is 6.11. The normalized spacial score (nSPS) is 9.69. The van der Waals surface area contributed by atoms with Gasteiger partial charge in [-0.2, -0.15) is 0 Å². The zero-order valence-electron chi connectivity index (χ0n) is 7.50. The van der Waals surface area contributed by atoms with E-state index in [0.29, 0.717) is 29.3 Å². The van der Waals surface area contributed by atoms with E-state index in [1.165, 1.54) is 6.07 Å². The van der Waals surface area contributed by atoms with Gasteiger partial charge < -0.3 is 5.11 Å². The second-order valence-corrected chi connectivity index (χ2v) is 2.89. The molecule has 13 heavy (non-hydrogen) atoms. The number of hydrogen-bond acceptors (Lipinski definition) is 3. The number of benzene rings is 1. The lowest BCUT2D eigenvalue weighted by atomic mass is 9.99. The number of phenolic OH excluding ortho intramolecular Hbond substituents is 1. The van der Waals surface area contributed by atoms with Crippen LogP contribution in [0.4, 0.5) is 0 Å². The van der Waals surface area contributed by atoms with Gasteiger partial charge in [0.25, 0.3) is 0 Å². The Morgan fingerprint density at radius 3 is 2.08 bits per heavy atom. The second-order valence-electron chi connectivity index (χ2n) is 2.89. The zero-order valence-corrected chi connectivity index (χ0v) is 7.50. The van der Waals surface area contributed by atoms with Gasteiger partial charge in [-0.3, -0.25) is 9.59 Å². The lowest BCUT2D eigenvalue weighted by Gasteiger charge is -2.07. The SMILES string of the molecule is Cc1c(C=O)cc(C=O)c(O)c1C. The molecule has 1 aromatic rings. The van der Waals surface area contributed by atoms with E-state index in [9.17, 15) is 14.7 Å². The fourth-order valence-electron chi connectivity index (χ4n) is 1.17. The molecule has 1 rings (SSSR count). The highest BCUT2D eigenvalue weighted by Gasteiger charge is 2.10. The summed E-state index contributed by atoms with van der Waals surface area (Å²) in [6.07, 6.45) is 1.21. The van der Waals surface area contributed by atoms with Crippen LogP contribution in [0.5, 0.6) is 5.75 Å². The number of hydrogen-bond donors (Lipinski definition) is 1. The molecule has 0 saturated carbocycles. The van der Waals surface area contributed by atoms with Gasteiger partial charge in [-0.05, 0) is 31.0 Å². The van der Waals surface area contributed by atoms with E-state index in [4.69, 9.17) is 0 Å². The highest BCUT2D eigenvalue weighted by atomic mass is 16.3. The molecule has 0 unspecified atom stereocenters. The van der Waals surface area contributed by atoms with Crippen molar-refractivity contribution < 1.29 is 14.7 Å². The zero-order chi connectivity index (χ0) is 10.0. The number of rotatable bonds is 2. The molecule has 0 aliphatic rings. The maximum absolute atomic E-state index is 10.6. The molecule has 3 nitrogen and oxygen atoms in total. The van der Waals surface area contributed by atoms with Crippen LogP contribution in [0.2, 0.25) is 0 Å². The molecule has 0 heterocycles. The molecular formula is C10H10O3. The fourth-order valence-corrected chi connectivity index (χ4v) is 1.17. The van der Waals surface area contributed by atoms with E-state index >= 15 is 0 Å². The van der Waals surface area contributed by atoms with Crippen molar-refractivity contribution in [3.8, 4) is 5.75 Å². The van der Waals surface area contributed by atoms with E-state index in [0.717, 1.165) is 0 Å². The fraction of sp³-hybridized carbons (Fsp3) is 0.200. The first-order valence-electron chi connectivity index (χ1n) is 3.85. The van der Waals surface area contributed by atoms with Crippen LogP contribution < -0.4 is 0 Å². The molecule has 0 atom stereocenters. The summed E-state index contributed by atoms with van der Waals surface area (Å²) in [6.45, 7) is 3.40. The molecule has 3 heteroatoms. The summed E-state index contributed by atoms with van der Waals surface area (Å²) >= 11 is 0. The highest BCUT2D eigenvalue weighted by Crippen LogP contribution is 2.25. The Kier molecular flexibility index (Phi) is 2.46. The van der Waals surface area contributed by atoms with E-state index in [1.54, 1.807) is 13.8 Å². The van der Waals surface area contributed by atoms with E-state index in [-0.39, 0.29) is 11.3 Å². The highest BCUT2D eigenvalue weighted by molar-refractivity contribution is 5.87. The monoisotopic (exact) mass is 178 g/mol. The number of carbonyl (C=O) groups is 2. The summed E-state index contributed by atoms with van der Waals surface area (Å²) in [4.78, 5) is 21.0. The van der Waals surface area contributed by atoms with Gasteiger partial charge in [0.15, 0.2) is 6.29 Å². The Morgan fingerprint density at radius 1 is 1.08 bits per heavy atom. The van der Waals surface area contributed by atoms with Gasteiger partial charge >= 0.3 is 0 Å². The molecule has 0 spiro atoms. The quantitative estimate of drug-likeness (QED) is 0.700. The summed E-state index contributed by atoms with van der Waals surface area (Å²) in [5.74, 6) is -0.0434. The molecule has 0 aliphatic carbocycles. The van der Waals surface area contributed by atoms with Crippen molar-refractivity contribution in [3.63, 3.8) is 0 Å². The summed E-state index contributed by atoms with van der Waals surface area (Å²) in [6, 6.07) is 1.39. The minimum Gasteiger partial charge on any atom is -0.507 e. The minimum absolute atomic E-state index is 0.0434. The number of carbonyl (C=O) groups excluding carboxylic acids is 2. The molecule has 0 saturated heterocycles. The maximum atomic E-state index is 10.6. The topological polar surface area (TPSA) is 54.4 Å². The van der Waals surface area contributed by atoms with Gasteiger partial charge in [0.2, 0.25) is 0 Å². The van der Waals surface area contributed by atoms with Gasteiger partial charge in [0, 0.05) is 5.56 Å². The average molecular weight is 178 g/mol. The molecule has 0 bridgehead atoms. The van der Waals surface area contributed by atoms with Gasteiger partial charge in [-0.15, -0.1) is 0 Å². The van der Waals surface area contributed by atoms with Crippen molar-refractivity contribution in [3.05, 3.63) is 28.3 Å². The Labute approximate surface area is 76.0 Å². The molecule has 1 N–H and O–H groups in total. The average Bonchev–Trinajstić information content (AvgIpc) is 2.15. The van der Waals surface area contributed by atoms with Crippen LogP contribution in [-0.4, -0.2) is 17.7 Å². The van der Waals surface area contributed by atoms with E-state index < -0.39 is 0 Å². The molecule has 1 aromatic carbocycles. The first-order valence-corrected chi connectivity index (χ1v) is 3.85. The van der Waals surface area contributed by atoms with Gasteiger partial charge in [-0.25, -0.2) is 0 Å². The van der Waals surface area contributed by atoms with E-state index in [1.807, 2.05) is 0 Å². The minimum atomic E-state index is -0.0434. The van der Waals surface area contributed by atoms with Gasteiger partial charge in [0.05, 0.1) is 5.56 Å². The second kappa shape index (κ2) is 3.39. The predicted octanol–water partition coefficient (Wildman–Crippen LogP) is 1.63. The summed E-state index contributed by atoms with van der Waals surface area (Å²) in [5, 5.41) is 9.45. The number of aromatic hydroxyl groups is 1. The van der Waals surface area contributed by atoms with Crippen LogP contribution in [0, 0.1) is 13.8 Å². The van der Waals surface area contributed by atoms with Crippen LogP contribution in [-0.2, 0) is 0 Å². The smallest absolute Gasteiger partial charge is 0.153 e. The molecule has 0 amide bonds. The van der Waals surface area contributed by atoms with Crippen molar-refractivity contribution in [1.29, 1.82) is 0 Å². The Hall–Kier alpha value is -1.64. The lowest BCUT2D eigenvalue weighted by molar-refractivity contribution is 0.112. The maximum Gasteiger partial charge on any atom is 0.153 e. The van der Waals surface area contributed by atoms with Crippen LogP contribution >= 0.6 is 0 Å². The third-order valence-electron chi connectivity index (χ3n) is 2.19. The Morgan fingerprint density at radius 2 is 1.62 bits per heavy atom. The Balaban J connectivity index is 3.53. The molecule has 0 aliphatic heterocycles. The van der Waals surface area contributed by atoms with Crippen molar-refractivity contribution in [1.82, 2.24) is 0 Å². The van der Waals surface area contributed by atoms with Crippen LogP contribution in [0.1, 0.15) is 31.8 Å². The largest absolute Gasteiger partial charge is 0.507 e. The molecular weight excluding hydrogens is 168 g/mol. The van der Waals surface area contributed by atoms with Crippen molar-refractivity contribution in [2.45, 2.75) is 13.8 Å². The van der Waals surface area contributed by atoms with Crippen LogP contribution in [0.15, 0.2) is 6.07 Å². The molecule has 0 fully saturated rings. The van der Waals surface area contributed by atoms with Crippen LogP contribution in [0.3, 0.4) is 0 Å². The first kappa shape index (κ1) is 9.45. The van der Waals surface area contributed by atoms with Crippen molar-refractivity contribution in [2.24, 2.45) is 0 Å². The van der Waals surface area contributed by atoms with Crippen molar-refractivity contribution >= 4 is 12.6 Å². The third kappa shape index (κ3) is 1.45.